The Morgan fingerprint density at radius 1 is 0.592 bits per heavy atom. The SMILES string of the molecule is CC(=O)N[C@H]1C(O[C@H]2[C@H](O[C@H](C)C(=O)O)[C@@H](NC(C)=O)C(OC(C)=O)O[C@@H]2COC(C)=O)O[C@H](COC(C)=O)[C@@H](OC(C)=O)[C@@H]1OC(C)=O. The largest absolute Gasteiger partial charge is 0.479 e. The summed E-state index contributed by atoms with van der Waals surface area (Å²) in [5, 5.41) is 14.7. The van der Waals surface area contributed by atoms with Crippen molar-refractivity contribution < 1.29 is 86.1 Å². The van der Waals surface area contributed by atoms with E-state index in [-0.39, 0.29) is 0 Å². The molecule has 0 spiro atoms. The molecule has 3 N–H and O–H groups in total. The van der Waals surface area contributed by atoms with E-state index in [9.17, 15) is 43.5 Å². The van der Waals surface area contributed by atoms with Crippen molar-refractivity contribution in [2.24, 2.45) is 0 Å². The van der Waals surface area contributed by atoms with Gasteiger partial charge in [-0.3, -0.25) is 33.6 Å². The fourth-order valence-corrected chi connectivity index (χ4v) is 5.07. The second kappa shape index (κ2) is 18.4. The molecule has 0 aromatic carbocycles. The molecule has 49 heavy (non-hydrogen) atoms. The number of amides is 2. The van der Waals surface area contributed by atoms with E-state index in [1.165, 1.54) is 0 Å². The second-order valence-electron chi connectivity index (χ2n) is 11.1. The molecule has 11 atom stereocenters. The summed E-state index contributed by atoms with van der Waals surface area (Å²) < 4.78 is 50.5. The zero-order chi connectivity index (χ0) is 37.2. The predicted molar refractivity (Wildman–Crippen MR) is 156 cm³/mol. The van der Waals surface area contributed by atoms with Crippen LogP contribution in [0.5, 0.6) is 0 Å². The Labute approximate surface area is 280 Å². The van der Waals surface area contributed by atoms with Gasteiger partial charge in [0, 0.05) is 48.5 Å². The molecule has 0 aromatic rings. The van der Waals surface area contributed by atoms with Crippen molar-refractivity contribution in [3.05, 3.63) is 0 Å². The quantitative estimate of drug-likeness (QED) is 0.133. The summed E-state index contributed by atoms with van der Waals surface area (Å²) in [5.41, 5.74) is 0. The molecule has 2 amide bonds. The third-order valence-electron chi connectivity index (χ3n) is 6.82. The van der Waals surface area contributed by atoms with Crippen molar-refractivity contribution in [1.29, 1.82) is 0 Å². The van der Waals surface area contributed by atoms with Crippen LogP contribution in [0.2, 0.25) is 0 Å². The number of ether oxygens (including phenoxy) is 9. The number of carbonyl (C=O) groups excluding carboxylic acids is 7. The van der Waals surface area contributed by atoms with Crippen LogP contribution in [0.15, 0.2) is 0 Å². The van der Waals surface area contributed by atoms with Crippen LogP contribution in [-0.4, -0.2) is 133 Å². The Hall–Kier alpha value is -4.40. The van der Waals surface area contributed by atoms with E-state index in [0.29, 0.717) is 0 Å². The second-order valence-corrected chi connectivity index (χ2v) is 11.1. The van der Waals surface area contributed by atoms with Crippen LogP contribution < -0.4 is 10.6 Å². The lowest BCUT2D eigenvalue weighted by Crippen LogP contribution is -2.70. The molecule has 276 valence electrons. The molecule has 2 fully saturated rings. The van der Waals surface area contributed by atoms with Crippen LogP contribution in [-0.2, 0) is 81.0 Å². The number of rotatable bonds is 14. The third kappa shape index (κ3) is 12.5. The van der Waals surface area contributed by atoms with Crippen molar-refractivity contribution in [2.45, 2.75) is 123 Å². The highest BCUT2D eigenvalue weighted by Crippen LogP contribution is 2.34. The average molecular weight is 707 g/mol. The van der Waals surface area contributed by atoms with Crippen molar-refractivity contribution >= 4 is 47.6 Å². The van der Waals surface area contributed by atoms with Gasteiger partial charge in [0.1, 0.15) is 49.7 Å². The molecule has 2 heterocycles. The topological polar surface area (TPSA) is 264 Å². The van der Waals surface area contributed by atoms with Gasteiger partial charge in [-0.2, -0.15) is 0 Å². The summed E-state index contributed by atoms with van der Waals surface area (Å²) in [5.74, 6) is -6.98. The fourth-order valence-electron chi connectivity index (χ4n) is 5.07. The number of hydrogen-bond donors (Lipinski definition) is 3. The molecule has 0 radical (unpaired) electrons. The lowest BCUT2D eigenvalue weighted by Gasteiger charge is -2.49. The first-order valence-electron chi connectivity index (χ1n) is 15.0. The van der Waals surface area contributed by atoms with Crippen LogP contribution in [0.4, 0.5) is 0 Å². The van der Waals surface area contributed by atoms with E-state index in [4.69, 9.17) is 42.6 Å². The van der Waals surface area contributed by atoms with Crippen molar-refractivity contribution in [2.75, 3.05) is 13.2 Å². The standard InChI is InChI=1S/C29H42N2O18/c1-11(27(39)40)43-25-21(30-12(2)32)28(46-18(8)38)47-20(10-42-15(5)35)24(25)49-29-22(31-13(3)33)26(45-17(7)37)23(44-16(6)36)19(48-29)9-41-14(4)34/h11,19-26,28-29H,9-10H2,1-8H3,(H,30,32)(H,31,33)(H,39,40)/t11-,19-,20-,21-,22-,23-,24-,25-,26-,28?,29?/m1/s1. The molecular weight excluding hydrogens is 664 g/mol. The van der Waals surface area contributed by atoms with E-state index in [0.717, 1.165) is 55.4 Å². The highest BCUT2D eigenvalue weighted by atomic mass is 16.8. The lowest BCUT2D eigenvalue weighted by molar-refractivity contribution is -0.335. The monoisotopic (exact) mass is 706 g/mol. The highest BCUT2D eigenvalue weighted by molar-refractivity contribution is 5.74. The molecule has 20 nitrogen and oxygen atoms in total. The molecular formula is C29H42N2O18. The van der Waals surface area contributed by atoms with Gasteiger partial charge in [0.2, 0.25) is 18.1 Å². The maximum Gasteiger partial charge on any atom is 0.332 e. The summed E-state index contributed by atoms with van der Waals surface area (Å²) in [6.45, 7) is 7.50. The van der Waals surface area contributed by atoms with Gasteiger partial charge in [-0.15, -0.1) is 0 Å². The summed E-state index contributed by atoms with van der Waals surface area (Å²) in [6.07, 6.45) is -14.0. The molecule has 0 aliphatic carbocycles. The Balaban J connectivity index is 2.78. The van der Waals surface area contributed by atoms with Crippen LogP contribution in [0.3, 0.4) is 0 Å². The van der Waals surface area contributed by atoms with Gasteiger partial charge in [0.15, 0.2) is 24.6 Å². The van der Waals surface area contributed by atoms with Crippen LogP contribution in [0.25, 0.3) is 0 Å². The van der Waals surface area contributed by atoms with Gasteiger partial charge < -0.3 is 58.4 Å². The fraction of sp³-hybridized carbons (Fsp3) is 0.724. The zero-order valence-corrected chi connectivity index (χ0v) is 28.2. The van der Waals surface area contributed by atoms with E-state index in [1.807, 2.05) is 0 Å². The van der Waals surface area contributed by atoms with Gasteiger partial charge in [-0.1, -0.05) is 0 Å². The van der Waals surface area contributed by atoms with Gasteiger partial charge in [0.25, 0.3) is 0 Å². The Morgan fingerprint density at radius 2 is 1.02 bits per heavy atom. The normalized spacial score (nSPS) is 30.0. The first-order chi connectivity index (χ1) is 22.8. The summed E-state index contributed by atoms with van der Waals surface area (Å²) in [6, 6.07) is -2.95. The molecule has 0 aromatic heterocycles. The number of hydrogen-bond acceptors (Lipinski definition) is 17. The highest BCUT2D eigenvalue weighted by Gasteiger charge is 2.56. The average Bonchev–Trinajstić information content (AvgIpc) is 2.95. The number of carboxylic acid groups (broad SMARTS) is 1. The minimum absolute atomic E-state index is 0.575. The molecule has 2 aliphatic heterocycles. The van der Waals surface area contributed by atoms with Crippen LogP contribution >= 0.6 is 0 Å². The summed E-state index contributed by atoms with van der Waals surface area (Å²) in [7, 11) is 0. The van der Waals surface area contributed by atoms with E-state index >= 15 is 0 Å². The Bertz CT molecular complexity index is 1260. The molecule has 2 aliphatic rings. The van der Waals surface area contributed by atoms with Crippen LogP contribution in [0, 0.1) is 0 Å². The molecule has 0 saturated carbocycles. The minimum atomic E-state index is -1.73. The minimum Gasteiger partial charge on any atom is -0.479 e. The maximum atomic E-state index is 12.4. The van der Waals surface area contributed by atoms with Crippen molar-refractivity contribution in [1.82, 2.24) is 10.6 Å². The van der Waals surface area contributed by atoms with Gasteiger partial charge in [-0.05, 0) is 6.92 Å². The van der Waals surface area contributed by atoms with Gasteiger partial charge in [-0.25, -0.2) is 4.79 Å². The number of esters is 5. The molecule has 20 heteroatoms. The van der Waals surface area contributed by atoms with Crippen molar-refractivity contribution in [3.63, 3.8) is 0 Å². The Morgan fingerprint density at radius 3 is 1.45 bits per heavy atom. The summed E-state index contributed by atoms with van der Waals surface area (Å²) >= 11 is 0. The smallest absolute Gasteiger partial charge is 0.332 e. The zero-order valence-electron chi connectivity index (χ0n) is 28.2. The molecule has 2 unspecified atom stereocenters. The third-order valence-corrected chi connectivity index (χ3v) is 6.82. The van der Waals surface area contributed by atoms with E-state index in [1.54, 1.807) is 0 Å². The number of nitrogens with one attached hydrogen (secondary N) is 2. The predicted octanol–water partition coefficient (Wildman–Crippen LogP) is -1.76. The number of carboxylic acids is 1. The first-order valence-corrected chi connectivity index (χ1v) is 15.0. The maximum absolute atomic E-state index is 12.4. The summed E-state index contributed by atoms with van der Waals surface area (Å²) in [4.78, 5) is 96.7. The van der Waals surface area contributed by atoms with E-state index in [2.05, 4.69) is 10.6 Å². The molecule has 0 bridgehead atoms. The van der Waals surface area contributed by atoms with Gasteiger partial charge >= 0.3 is 35.8 Å². The van der Waals surface area contributed by atoms with Gasteiger partial charge in [0.05, 0.1) is 0 Å². The molecule has 2 rings (SSSR count). The first kappa shape index (κ1) is 40.8. The van der Waals surface area contributed by atoms with E-state index < -0.39 is 128 Å². The molecule has 2 saturated heterocycles. The lowest BCUT2D eigenvalue weighted by atomic mass is 9.93. The number of carbonyl (C=O) groups is 8. The number of aliphatic carboxylic acids is 1. The van der Waals surface area contributed by atoms with Crippen molar-refractivity contribution in [3.8, 4) is 0 Å². The Kier molecular flexibility index (Phi) is 15.3. The van der Waals surface area contributed by atoms with Crippen LogP contribution in [0.1, 0.15) is 55.4 Å².